The predicted molar refractivity (Wildman–Crippen MR) is 71.9 cm³/mol. The van der Waals surface area contributed by atoms with Gasteiger partial charge in [0.1, 0.15) is 5.75 Å². The molecule has 2 rings (SSSR count). The number of phenols is 1. The number of nitrogens with one attached hydrogen (secondary N) is 1. The normalized spacial score (nSPS) is 27.2. The second-order valence-electron chi connectivity index (χ2n) is 5.16. The Kier molecular flexibility index (Phi) is 3.81. The largest absolute Gasteiger partial charge is 0.506 e. The monoisotopic (exact) mass is 267 g/mol. The van der Waals surface area contributed by atoms with Crippen molar-refractivity contribution in [2.24, 2.45) is 11.8 Å². The molecule has 0 heterocycles. The lowest BCUT2D eigenvalue weighted by Crippen LogP contribution is -2.37. The van der Waals surface area contributed by atoms with Gasteiger partial charge in [0.05, 0.1) is 5.02 Å². The van der Waals surface area contributed by atoms with Crippen molar-refractivity contribution in [2.75, 3.05) is 0 Å². The number of aromatic hydroxyl groups is 1. The Hall–Kier alpha value is -1.22. The molecule has 3 nitrogen and oxygen atoms in total. The predicted octanol–water partition coefficient (Wildman–Crippen LogP) is 3.21. The Morgan fingerprint density at radius 2 is 2.11 bits per heavy atom. The van der Waals surface area contributed by atoms with E-state index in [2.05, 4.69) is 19.2 Å². The average Bonchev–Trinajstić information content (AvgIpc) is 2.64. The summed E-state index contributed by atoms with van der Waals surface area (Å²) in [5.41, 5.74) is 0.490. The fourth-order valence-corrected chi connectivity index (χ4v) is 2.65. The second-order valence-corrected chi connectivity index (χ2v) is 5.57. The van der Waals surface area contributed by atoms with Crippen molar-refractivity contribution >= 4 is 17.5 Å². The summed E-state index contributed by atoms with van der Waals surface area (Å²) in [6.45, 7) is 4.39. The molecule has 3 unspecified atom stereocenters. The van der Waals surface area contributed by atoms with Crippen molar-refractivity contribution < 1.29 is 9.90 Å². The van der Waals surface area contributed by atoms with Crippen LogP contribution in [0.5, 0.6) is 5.75 Å². The fourth-order valence-electron chi connectivity index (χ4n) is 2.47. The third-order valence-electron chi connectivity index (χ3n) is 3.99. The first-order chi connectivity index (χ1) is 8.49. The van der Waals surface area contributed by atoms with Crippen LogP contribution in [0.3, 0.4) is 0 Å². The van der Waals surface area contributed by atoms with Gasteiger partial charge in [0.2, 0.25) is 0 Å². The van der Waals surface area contributed by atoms with E-state index in [1.54, 1.807) is 6.07 Å². The lowest BCUT2D eigenvalue weighted by molar-refractivity contribution is 0.0927. The molecule has 2 N–H and O–H groups in total. The lowest BCUT2D eigenvalue weighted by atomic mass is 9.97. The minimum absolute atomic E-state index is 0.00364. The smallest absolute Gasteiger partial charge is 0.251 e. The van der Waals surface area contributed by atoms with Gasteiger partial charge in [-0.15, -0.1) is 0 Å². The summed E-state index contributed by atoms with van der Waals surface area (Å²) in [7, 11) is 0. The highest BCUT2D eigenvalue weighted by Crippen LogP contribution is 2.31. The van der Waals surface area contributed by atoms with E-state index >= 15 is 0 Å². The van der Waals surface area contributed by atoms with Crippen molar-refractivity contribution in [3.63, 3.8) is 0 Å². The molecule has 3 atom stereocenters. The standard InChI is InChI=1S/C14H18ClNO2/c1-8-3-5-12(9(8)2)16-14(18)10-4-6-13(17)11(15)7-10/h4,6-9,12,17H,3,5H2,1-2H3,(H,16,18). The summed E-state index contributed by atoms with van der Waals surface area (Å²) < 4.78 is 0. The molecule has 1 fully saturated rings. The average molecular weight is 268 g/mol. The van der Waals surface area contributed by atoms with Crippen molar-refractivity contribution in [3.8, 4) is 5.75 Å². The molecule has 18 heavy (non-hydrogen) atoms. The van der Waals surface area contributed by atoms with E-state index in [9.17, 15) is 9.90 Å². The van der Waals surface area contributed by atoms with Gasteiger partial charge in [-0.2, -0.15) is 0 Å². The molecule has 0 saturated heterocycles. The van der Waals surface area contributed by atoms with Gasteiger partial charge in [-0.1, -0.05) is 25.4 Å². The highest BCUT2D eigenvalue weighted by molar-refractivity contribution is 6.32. The Bertz CT molecular complexity index is 461. The van der Waals surface area contributed by atoms with Crippen LogP contribution in [0.4, 0.5) is 0 Å². The molecule has 4 heteroatoms. The summed E-state index contributed by atoms with van der Waals surface area (Å²) in [4.78, 5) is 12.1. The third kappa shape index (κ3) is 2.61. The number of carbonyl (C=O) groups is 1. The molecular weight excluding hydrogens is 250 g/mol. The fraction of sp³-hybridized carbons (Fsp3) is 0.500. The van der Waals surface area contributed by atoms with Gasteiger partial charge in [0.25, 0.3) is 5.91 Å². The summed E-state index contributed by atoms with van der Waals surface area (Å²) in [6.07, 6.45) is 2.18. The quantitative estimate of drug-likeness (QED) is 0.864. The van der Waals surface area contributed by atoms with E-state index in [0.29, 0.717) is 17.4 Å². The molecule has 1 aliphatic rings. The van der Waals surface area contributed by atoms with E-state index in [-0.39, 0.29) is 22.7 Å². The minimum Gasteiger partial charge on any atom is -0.506 e. The Morgan fingerprint density at radius 3 is 2.67 bits per heavy atom. The van der Waals surface area contributed by atoms with Gasteiger partial charge in [0, 0.05) is 11.6 Å². The van der Waals surface area contributed by atoms with E-state index in [4.69, 9.17) is 11.6 Å². The molecule has 1 aromatic carbocycles. The van der Waals surface area contributed by atoms with Crippen LogP contribution in [0.15, 0.2) is 18.2 Å². The van der Waals surface area contributed by atoms with Crippen LogP contribution in [0, 0.1) is 11.8 Å². The van der Waals surface area contributed by atoms with Crippen molar-refractivity contribution in [2.45, 2.75) is 32.7 Å². The molecule has 98 valence electrons. The number of halogens is 1. The van der Waals surface area contributed by atoms with Gasteiger partial charge in [-0.25, -0.2) is 0 Å². The van der Waals surface area contributed by atoms with Gasteiger partial charge < -0.3 is 10.4 Å². The molecule has 0 aliphatic heterocycles. The Morgan fingerprint density at radius 1 is 1.39 bits per heavy atom. The summed E-state index contributed by atoms with van der Waals surface area (Å²) >= 11 is 5.80. The zero-order valence-electron chi connectivity index (χ0n) is 10.6. The zero-order chi connectivity index (χ0) is 13.3. The van der Waals surface area contributed by atoms with Crippen LogP contribution in [-0.2, 0) is 0 Å². The molecule has 0 radical (unpaired) electrons. The molecule has 1 aromatic rings. The van der Waals surface area contributed by atoms with E-state index < -0.39 is 0 Å². The van der Waals surface area contributed by atoms with Crippen molar-refractivity contribution in [3.05, 3.63) is 28.8 Å². The topological polar surface area (TPSA) is 49.3 Å². The van der Waals surface area contributed by atoms with Gasteiger partial charge in [-0.05, 0) is 42.9 Å². The van der Waals surface area contributed by atoms with Crippen LogP contribution in [0.2, 0.25) is 5.02 Å². The summed E-state index contributed by atoms with van der Waals surface area (Å²) in [6, 6.07) is 4.76. The van der Waals surface area contributed by atoms with Gasteiger partial charge >= 0.3 is 0 Å². The third-order valence-corrected chi connectivity index (χ3v) is 4.29. The molecule has 0 bridgehead atoms. The van der Waals surface area contributed by atoms with E-state index in [1.165, 1.54) is 12.1 Å². The number of hydrogen-bond donors (Lipinski definition) is 2. The van der Waals surface area contributed by atoms with Gasteiger partial charge in [0.15, 0.2) is 0 Å². The van der Waals surface area contributed by atoms with Crippen LogP contribution in [0.1, 0.15) is 37.0 Å². The number of benzene rings is 1. The molecule has 0 aromatic heterocycles. The first-order valence-electron chi connectivity index (χ1n) is 6.28. The Labute approximate surface area is 112 Å². The van der Waals surface area contributed by atoms with Crippen molar-refractivity contribution in [1.82, 2.24) is 5.32 Å². The zero-order valence-corrected chi connectivity index (χ0v) is 11.4. The molecule has 0 spiro atoms. The van der Waals surface area contributed by atoms with Crippen LogP contribution >= 0.6 is 11.6 Å². The van der Waals surface area contributed by atoms with E-state index in [1.807, 2.05) is 0 Å². The maximum Gasteiger partial charge on any atom is 0.251 e. The van der Waals surface area contributed by atoms with Gasteiger partial charge in [-0.3, -0.25) is 4.79 Å². The molecular formula is C14H18ClNO2. The number of amides is 1. The maximum absolute atomic E-state index is 12.1. The molecule has 1 amide bonds. The lowest BCUT2D eigenvalue weighted by Gasteiger charge is -2.19. The first kappa shape index (κ1) is 13.2. The van der Waals surface area contributed by atoms with Crippen LogP contribution in [-0.4, -0.2) is 17.1 Å². The van der Waals surface area contributed by atoms with Crippen LogP contribution in [0.25, 0.3) is 0 Å². The second kappa shape index (κ2) is 5.19. The summed E-state index contributed by atoms with van der Waals surface area (Å²) in [5, 5.41) is 12.6. The number of hydrogen-bond acceptors (Lipinski definition) is 2. The minimum atomic E-state index is -0.122. The number of phenolic OH excluding ortho intramolecular Hbond substituents is 1. The summed E-state index contributed by atoms with van der Waals surface area (Å²) in [5.74, 6) is 1.03. The highest BCUT2D eigenvalue weighted by atomic mass is 35.5. The SMILES string of the molecule is CC1CCC(NC(=O)c2ccc(O)c(Cl)c2)C1C. The maximum atomic E-state index is 12.1. The highest BCUT2D eigenvalue weighted by Gasteiger charge is 2.30. The Balaban J connectivity index is 2.06. The van der Waals surface area contributed by atoms with Crippen LogP contribution < -0.4 is 5.32 Å². The molecule has 1 aliphatic carbocycles. The van der Waals surface area contributed by atoms with Crippen molar-refractivity contribution in [1.29, 1.82) is 0 Å². The van der Waals surface area contributed by atoms with E-state index in [0.717, 1.165) is 12.8 Å². The number of rotatable bonds is 2. The molecule has 1 saturated carbocycles. The first-order valence-corrected chi connectivity index (χ1v) is 6.66. The number of carbonyl (C=O) groups excluding carboxylic acids is 1.